The van der Waals surface area contributed by atoms with E-state index in [-0.39, 0.29) is 16.3 Å². The molecule has 1 aromatic rings. The number of aromatic hydroxyl groups is 1. The van der Waals surface area contributed by atoms with Gasteiger partial charge in [-0.25, -0.2) is 8.42 Å². The van der Waals surface area contributed by atoms with Crippen LogP contribution in [0.25, 0.3) is 0 Å². The zero-order valence-corrected chi connectivity index (χ0v) is 12.7. The molecule has 21 heavy (non-hydrogen) atoms. The van der Waals surface area contributed by atoms with Crippen molar-refractivity contribution in [3.63, 3.8) is 0 Å². The summed E-state index contributed by atoms with van der Waals surface area (Å²) in [5.41, 5.74) is 5.70. The molecule has 3 N–H and O–H groups in total. The standard InChI is InChI=1S/C14H21N3O3S/c15-13-9-12(4-5-14(13)18)21(19,20)17-8-7-16-6-2-1-3-11(16)10-17/h4-5,9,11,18H,1-3,6-8,10,15H2. The Balaban J connectivity index is 1.83. The Morgan fingerprint density at radius 3 is 2.76 bits per heavy atom. The first-order chi connectivity index (χ1) is 9.98. The molecule has 0 saturated carbocycles. The van der Waals surface area contributed by atoms with Gasteiger partial charge >= 0.3 is 0 Å². The van der Waals surface area contributed by atoms with E-state index >= 15 is 0 Å². The van der Waals surface area contributed by atoms with Crippen LogP contribution in [0.3, 0.4) is 0 Å². The largest absolute Gasteiger partial charge is 0.506 e. The predicted octanol–water partition coefficient (Wildman–Crippen LogP) is 0.833. The van der Waals surface area contributed by atoms with Crippen LogP contribution in [0.5, 0.6) is 5.75 Å². The summed E-state index contributed by atoms with van der Waals surface area (Å²) in [4.78, 5) is 2.54. The molecule has 2 aliphatic heterocycles. The number of phenols is 1. The lowest BCUT2D eigenvalue weighted by Crippen LogP contribution is -2.56. The number of piperidine rings is 1. The predicted molar refractivity (Wildman–Crippen MR) is 80.5 cm³/mol. The molecule has 7 heteroatoms. The van der Waals surface area contributed by atoms with Crippen LogP contribution in [0, 0.1) is 0 Å². The van der Waals surface area contributed by atoms with Gasteiger partial charge in [0.05, 0.1) is 10.6 Å². The normalized spacial score (nSPS) is 24.7. The molecule has 1 atom stereocenters. The Morgan fingerprint density at radius 1 is 1.19 bits per heavy atom. The summed E-state index contributed by atoms with van der Waals surface area (Å²) in [6, 6.07) is 4.40. The number of piperazine rings is 1. The number of benzene rings is 1. The smallest absolute Gasteiger partial charge is 0.243 e. The molecule has 2 aliphatic rings. The highest BCUT2D eigenvalue weighted by atomic mass is 32.2. The maximum atomic E-state index is 12.7. The number of rotatable bonds is 2. The molecule has 0 aliphatic carbocycles. The number of anilines is 1. The van der Waals surface area contributed by atoms with Crippen molar-refractivity contribution in [3.8, 4) is 5.75 Å². The van der Waals surface area contributed by atoms with Gasteiger partial charge in [-0.15, -0.1) is 0 Å². The quantitative estimate of drug-likeness (QED) is 0.624. The summed E-state index contributed by atoms with van der Waals surface area (Å²) in [6.45, 7) is 2.92. The third kappa shape index (κ3) is 2.73. The minimum atomic E-state index is -3.54. The zero-order valence-electron chi connectivity index (χ0n) is 11.9. The van der Waals surface area contributed by atoms with Crippen molar-refractivity contribution in [1.82, 2.24) is 9.21 Å². The van der Waals surface area contributed by atoms with E-state index in [9.17, 15) is 13.5 Å². The summed E-state index contributed by atoms with van der Waals surface area (Å²) in [7, 11) is -3.54. The van der Waals surface area contributed by atoms with Gasteiger partial charge < -0.3 is 10.8 Å². The highest BCUT2D eigenvalue weighted by Gasteiger charge is 2.35. The molecule has 0 aromatic heterocycles. The Morgan fingerprint density at radius 2 is 2.00 bits per heavy atom. The van der Waals surface area contributed by atoms with Gasteiger partial charge in [-0.05, 0) is 37.6 Å². The summed E-state index contributed by atoms with van der Waals surface area (Å²) < 4.78 is 26.9. The molecule has 0 bridgehead atoms. The minimum Gasteiger partial charge on any atom is -0.506 e. The van der Waals surface area contributed by atoms with Crippen molar-refractivity contribution in [2.24, 2.45) is 0 Å². The Kier molecular flexibility index (Phi) is 3.81. The molecular weight excluding hydrogens is 290 g/mol. The van der Waals surface area contributed by atoms with Crippen LogP contribution in [-0.2, 0) is 10.0 Å². The molecule has 0 amide bonds. The second kappa shape index (κ2) is 5.47. The number of nitrogens with two attached hydrogens (primary N) is 1. The van der Waals surface area contributed by atoms with Crippen molar-refractivity contribution in [2.45, 2.75) is 30.2 Å². The van der Waals surface area contributed by atoms with Crippen LogP contribution in [0.4, 0.5) is 5.69 Å². The maximum absolute atomic E-state index is 12.7. The molecule has 0 spiro atoms. The van der Waals surface area contributed by atoms with Crippen LogP contribution in [0.15, 0.2) is 23.1 Å². The zero-order chi connectivity index (χ0) is 15.0. The second-order valence-electron chi connectivity index (χ2n) is 5.77. The van der Waals surface area contributed by atoms with Gasteiger partial charge in [0, 0.05) is 25.7 Å². The van der Waals surface area contributed by atoms with Gasteiger partial charge in [0.2, 0.25) is 10.0 Å². The fraction of sp³-hybridized carbons (Fsp3) is 0.571. The molecule has 2 fully saturated rings. The monoisotopic (exact) mass is 311 g/mol. The van der Waals surface area contributed by atoms with E-state index in [0.717, 1.165) is 19.5 Å². The van der Waals surface area contributed by atoms with Gasteiger partial charge in [0.25, 0.3) is 0 Å². The van der Waals surface area contributed by atoms with E-state index in [1.54, 1.807) is 4.31 Å². The van der Waals surface area contributed by atoms with Crippen LogP contribution in [0.1, 0.15) is 19.3 Å². The number of fused-ring (bicyclic) bond motifs is 1. The molecule has 2 heterocycles. The van der Waals surface area contributed by atoms with Crippen molar-refractivity contribution in [2.75, 3.05) is 31.9 Å². The number of nitrogen functional groups attached to an aromatic ring is 1. The Bertz CT molecular complexity index is 632. The summed E-state index contributed by atoms with van der Waals surface area (Å²) in [5, 5.41) is 9.43. The number of phenolic OH excluding ortho intramolecular Hbond substituents is 1. The number of hydrogen-bond donors (Lipinski definition) is 2. The van der Waals surface area contributed by atoms with E-state index in [1.807, 2.05) is 0 Å². The minimum absolute atomic E-state index is 0.0902. The average Bonchev–Trinajstić information content (AvgIpc) is 2.49. The Labute approximate surface area is 125 Å². The fourth-order valence-corrected chi connectivity index (χ4v) is 4.69. The first-order valence-corrected chi connectivity index (χ1v) is 8.75. The van der Waals surface area contributed by atoms with Crippen LogP contribution >= 0.6 is 0 Å². The van der Waals surface area contributed by atoms with Gasteiger partial charge in [-0.1, -0.05) is 6.42 Å². The third-order valence-electron chi connectivity index (χ3n) is 4.44. The van der Waals surface area contributed by atoms with Crippen molar-refractivity contribution < 1.29 is 13.5 Å². The number of nitrogens with zero attached hydrogens (tertiary/aromatic N) is 2. The topological polar surface area (TPSA) is 86.9 Å². The maximum Gasteiger partial charge on any atom is 0.243 e. The van der Waals surface area contributed by atoms with Gasteiger partial charge in [0.1, 0.15) is 5.75 Å². The molecule has 6 nitrogen and oxygen atoms in total. The van der Waals surface area contributed by atoms with E-state index in [4.69, 9.17) is 5.73 Å². The number of hydrogen-bond acceptors (Lipinski definition) is 5. The lowest BCUT2D eigenvalue weighted by Gasteiger charge is -2.43. The summed E-state index contributed by atoms with van der Waals surface area (Å²) in [5.74, 6) is -0.0916. The van der Waals surface area contributed by atoms with E-state index in [2.05, 4.69) is 4.90 Å². The SMILES string of the molecule is Nc1cc(S(=O)(=O)N2CCN3CCCCC3C2)ccc1O. The van der Waals surface area contributed by atoms with E-state index in [1.165, 1.54) is 31.0 Å². The van der Waals surface area contributed by atoms with E-state index in [0.29, 0.717) is 19.1 Å². The van der Waals surface area contributed by atoms with Crippen LogP contribution in [0.2, 0.25) is 0 Å². The molecule has 116 valence electrons. The van der Waals surface area contributed by atoms with Crippen molar-refractivity contribution in [3.05, 3.63) is 18.2 Å². The summed E-state index contributed by atoms with van der Waals surface area (Å²) >= 11 is 0. The molecule has 1 unspecified atom stereocenters. The second-order valence-corrected chi connectivity index (χ2v) is 7.71. The van der Waals surface area contributed by atoms with Gasteiger partial charge in [-0.3, -0.25) is 4.90 Å². The molecule has 3 rings (SSSR count). The number of sulfonamides is 1. The molecule has 2 saturated heterocycles. The van der Waals surface area contributed by atoms with Gasteiger partial charge in [0.15, 0.2) is 0 Å². The molecule has 0 radical (unpaired) electrons. The third-order valence-corrected chi connectivity index (χ3v) is 6.30. The van der Waals surface area contributed by atoms with Crippen molar-refractivity contribution >= 4 is 15.7 Å². The lowest BCUT2D eigenvalue weighted by molar-refractivity contribution is 0.0852. The first-order valence-electron chi connectivity index (χ1n) is 7.31. The van der Waals surface area contributed by atoms with Crippen LogP contribution in [-0.4, -0.2) is 55.0 Å². The van der Waals surface area contributed by atoms with Crippen molar-refractivity contribution in [1.29, 1.82) is 0 Å². The highest BCUT2D eigenvalue weighted by molar-refractivity contribution is 7.89. The Hall–Kier alpha value is -1.31. The lowest BCUT2D eigenvalue weighted by atomic mass is 10.0. The van der Waals surface area contributed by atoms with Crippen LogP contribution < -0.4 is 5.73 Å². The van der Waals surface area contributed by atoms with E-state index < -0.39 is 10.0 Å². The first kappa shape index (κ1) is 14.6. The fourth-order valence-electron chi connectivity index (χ4n) is 3.19. The average molecular weight is 311 g/mol. The summed E-state index contributed by atoms with van der Waals surface area (Å²) in [6.07, 6.45) is 3.43. The highest BCUT2D eigenvalue weighted by Crippen LogP contribution is 2.28. The molecular formula is C14H21N3O3S. The molecule has 1 aromatic carbocycles. The van der Waals surface area contributed by atoms with Gasteiger partial charge in [-0.2, -0.15) is 4.31 Å².